The Morgan fingerprint density at radius 1 is 1.00 bits per heavy atom. The molecule has 2 aliphatic rings. The van der Waals surface area contributed by atoms with Crippen LogP contribution in [0.5, 0.6) is 0 Å². The van der Waals surface area contributed by atoms with Crippen LogP contribution in [-0.4, -0.2) is 17.3 Å². The standard InChI is InChI=1S/C17H17FOS2/c18-14-7-5-12(6-8-14)11-13-3-1-4-15(16(13)19)17-20-9-2-10-21-17/h5-8,11H,1-4,9-10H2. The number of thioether (sulfide) groups is 2. The number of rotatable bonds is 1. The van der Waals surface area contributed by atoms with E-state index in [0.29, 0.717) is 0 Å². The lowest BCUT2D eigenvalue weighted by atomic mass is 9.88. The second-order valence-corrected chi connectivity index (χ2v) is 7.69. The minimum absolute atomic E-state index is 0.197. The van der Waals surface area contributed by atoms with Gasteiger partial charge in [0.1, 0.15) is 5.82 Å². The van der Waals surface area contributed by atoms with Gasteiger partial charge in [0.2, 0.25) is 0 Å². The molecule has 4 heteroatoms. The van der Waals surface area contributed by atoms with Gasteiger partial charge in [0.05, 0.1) is 0 Å². The van der Waals surface area contributed by atoms with Crippen molar-refractivity contribution in [2.45, 2.75) is 25.7 Å². The molecule has 0 aromatic heterocycles. The van der Waals surface area contributed by atoms with E-state index in [1.165, 1.54) is 22.8 Å². The second kappa shape index (κ2) is 6.84. The van der Waals surface area contributed by atoms with E-state index in [9.17, 15) is 9.18 Å². The van der Waals surface area contributed by atoms with Gasteiger partial charge in [0.25, 0.3) is 0 Å². The number of hydrogen-bond acceptors (Lipinski definition) is 3. The highest BCUT2D eigenvalue weighted by Gasteiger charge is 2.25. The highest BCUT2D eigenvalue weighted by atomic mass is 32.2. The summed E-state index contributed by atoms with van der Waals surface area (Å²) in [5, 5.41) is 0. The number of halogens is 1. The fourth-order valence-corrected chi connectivity index (χ4v) is 5.28. The van der Waals surface area contributed by atoms with Crippen molar-refractivity contribution in [3.63, 3.8) is 0 Å². The first kappa shape index (κ1) is 14.9. The Labute approximate surface area is 133 Å². The molecule has 1 aromatic rings. The third-order valence-corrected chi connectivity index (χ3v) is 6.36. The Bertz CT molecular complexity index is 594. The smallest absolute Gasteiger partial charge is 0.186 e. The summed E-state index contributed by atoms with van der Waals surface area (Å²) in [6.07, 6.45) is 5.88. The molecular formula is C17H17FOS2. The van der Waals surface area contributed by atoms with Gasteiger partial charge in [-0.1, -0.05) is 12.1 Å². The van der Waals surface area contributed by atoms with Gasteiger partial charge >= 0.3 is 0 Å². The summed E-state index contributed by atoms with van der Waals surface area (Å²) < 4.78 is 14.2. The molecule has 3 rings (SSSR count). The van der Waals surface area contributed by atoms with Gasteiger partial charge in [-0.05, 0) is 61.0 Å². The van der Waals surface area contributed by atoms with Gasteiger partial charge in [-0.2, -0.15) is 0 Å². The van der Waals surface area contributed by atoms with Crippen molar-refractivity contribution in [2.24, 2.45) is 0 Å². The maximum Gasteiger partial charge on any atom is 0.186 e. The third-order valence-electron chi connectivity index (χ3n) is 3.65. The second-order valence-electron chi connectivity index (χ2n) is 5.22. The molecule has 0 atom stereocenters. The van der Waals surface area contributed by atoms with Crippen LogP contribution in [-0.2, 0) is 4.79 Å². The summed E-state index contributed by atoms with van der Waals surface area (Å²) in [4.78, 5) is 12.7. The SMILES string of the molecule is O=C1C(=Cc2ccc(F)cc2)CCCC1=C1SCCCS1. The predicted octanol–water partition coefficient (Wildman–Crippen LogP) is 5.04. The molecule has 1 saturated carbocycles. The van der Waals surface area contributed by atoms with Crippen molar-refractivity contribution in [2.75, 3.05) is 11.5 Å². The molecule has 0 spiro atoms. The average molecular weight is 320 g/mol. The molecule has 21 heavy (non-hydrogen) atoms. The van der Waals surface area contributed by atoms with Crippen LogP contribution in [0.2, 0.25) is 0 Å². The molecule has 1 aliphatic carbocycles. The van der Waals surface area contributed by atoms with Crippen LogP contribution in [0.25, 0.3) is 6.08 Å². The summed E-state index contributed by atoms with van der Waals surface area (Å²) in [5.74, 6) is 2.19. The maximum atomic E-state index is 12.9. The summed E-state index contributed by atoms with van der Waals surface area (Å²) in [7, 11) is 0. The minimum atomic E-state index is -0.245. The van der Waals surface area contributed by atoms with E-state index in [2.05, 4.69) is 0 Å². The van der Waals surface area contributed by atoms with Crippen LogP contribution >= 0.6 is 23.5 Å². The van der Waals surface area contributed by atoms with Gasteiger partial charge in [-0.3, -0.25) is 4.79 Å². The van der Waals surface area contributed by atoms with E-state index >= 15 is 0 Å². The minimum Gasteiger partial charge on any atom is -0.289 e. The van der Waals surface area contributed by atoms with Gasteiger partial charge in [0, 0.05) is 15.4 Å². The van der Waals surface area contributed by atoms with Crippen LogP contribution in [0.3, 0.4) is 0 Å². The van der Waals surface area contributed by atoms with E-state index in [-0.39, 0.29) is 11.6 Å². The third kappa shape index (κ3) is 3.61. The molecule has 0 bridgehead atoms. The van der Waals surface area contributed by atoms with Crippen molar-refractivity contribution in [3.05, 3.63) is 51.0 Å². The summed E-state index contributed by atoms with van der Waals surface area (Å²) in [6, 6.07) is 6.32. The topological polar surface area (TPSA) is 17.1 Å². The van der Waals surface area contributed by atoms with E-state index in [1.807, 2.05) is 29.6 Å². The fourth-order valence-electron chi connectivity index (χ4n) is 2.57. The number of hydrogen-bond donors (Lipinski definition) is 0. The van der Waals surface area contributed by atoms with Crippen molar-refractivity contribution in [1.82, 2.24) is 0 Å². The van der Waals surface area contributed by atoms with E-state index in [1.54, 1.807) is 12.1 Å². The predicted molar refractivity (Wildman–Crippen MR) is 89.8 cm³/mol. The Hall–Kier alpha value is -1.000. The quantitative estimate of drug-likeness (QED) is 0.675. The van der Waals surface area contributed by atoms with Gasteiger partial charge in [0.15, 0.2) is 5.78 Å². The lowest BCUT2D eigenvalue weighted by molar-refractivity contribution is -0.112. The van der Waals surface area contributed by atoms with Crippen LogP contribution in [0.1, 0.15) is 31.2 Å². The highest BCUT2D eigenvalue weighted by Crippen LogP contribution is 2.41. The zero-order valence-electron chi connectivity index (χ0n) is 11.7. The molecule has 1 nitrogen and oxygen atoms in total. The zero-order chi connectivity index (χ0) is 14.7. The van der Waals surface area contributed by atoms with Crippen molar-refractivity contribution in [3.8, 4) is 0 Å². The summed E-state index contributed by atoms with van der Waals surface area (Å²) in [5.41, 5.74) is 2.77. The first-order valence-corrected chi connectivity index (χ1v) is 9.21. The summed E-state index contributed by atoms with van der Waals surface area (Å²) >= 11 is 3.66. The van der Waals surface area contributed by atoms with Crippen molar-refractivity contribution in [1.29, 1.82) is 0 Å². The molecule has 1 saturated heterocycles. The first-order chi connectivity index (χ1) is 10.2. The lowest BCUT2D eigenvalue weighted by Gasteiger charge is -2.22. The zero-order valence-corrected chi connectivity index (χ0v) is 13.4. The lowest BCUT2D eigenvalue weighted by Crippen LogP contribution is -2.14. The monoisotopic (exact) mass is 320 g/mol. The van der Waals surface area contributed by atoms with Crippen molar-refractivity contribution >= 4 is 35.4 Å². The molecular weight excluding hydrogens is 303 g/mol. The number of Topliss-reactive ketones (excluding diaryl/α,β-unsaturated/α-hetero) is 1. The fraction of sp³-hybridized carbons (Fsp3) is 0.353. The van der Waals surface area contributed by atoms with Crippen molar-refractivity contribution < 1.29 is 9.18 Å². The number of ketones is 1. The molecule has 1 heterocycles. The Balaban J connectivity index is 1.86. The van der Waals surface area contributed by atoms with Gasteiger partial charge < -0.3 is 0 Å². The molecule has 1 aromatic carbocycles. The Morgan fingerprint density at radius 3 is 2.43 bits per heavy atom. The van der Waals surface area contributed by atoms with Crippen LogP contribution < -0.4 is 0 Å². The Morgan fingerprint density at radius 2 is 1.71 bits per heavy atom. The van der Waals surface area contributed by atoms with E-state index in [4.69, 9.17) is 0 Å². The van der Waals surface area contributed by atoms with Crippen LogP contribution in [0.15, 0.2) is 39.6 Å². The summed E-state index contributed by atoms with van der Waals surface area (Å²) in [6.45, 7) is 0. The largest absolute Gasteiger partial charge is 0.289 e. The molecule has 0 amide bonds. The molecule has 0 N–H and O–H groups in total. The normalized spacial score (nSPS) is 22.0. The number of benzene rings is 1. The van der Waals surface area contributed by atoms with Crippen LogP contribution in [0.4, 0.5) is 4.39 Å². The molecule has 0 radical (unpaired) electrons. The molecule has 0 unspecified atom stereocenters. The molecule has 1 aliphatic heterocycles. The number of allylic oxidation sites excluding steroid dienone is 2. The number of carbonyl (C=O) groups is 1. The van der Waals surface area contributed by atoms with E-state index < -0.39 is 0 Å². The van der Waals surface area contributed by atoms with Gasteiger partial charge in [-0.15, -0.1) is 23.5 Å². The van der Waals surface area contributed by atoms with Gasteiger partial charge in [-0.25, -0.2) is 4.39 Å². The molecule has 2 fully saturated rings. The number of carbonyl (C=O) groups excluding carboxylic acids is 1. The van der Waals surface area contributed by atoms with Crippen LogP contribution in [0, 0.1) is 5.82 Å². The first-order valence-electron chi connectivity index (χ1n) is 7.23. The van der Waals surface area contributed by atoms with E-state index in [0.717, 1.165) is 47.5 Å². The maximum absolute atomic E-state index is 12.9. The average Bonchev–Trinajstić information content (AvgIpc) is 2.52. The molecule has 110 valence electrons. The highest BCUT2D eigenvalue weighted by molar-refractivity contribution is 8.22. The Kier molecular flexibility index (Phi) is 4.86.